The predicted octanol–water partition coefficient (Wildman–Crippen LogP) is 2.69. The van der Waals surface area contributed by atoms with Crippen molar-refractivity contribution in [2.45, 2.75) is 6.54 Å². The molecular weight excluding hydrogens is 228 g/mol. The first kappa shape index (κ1) is 8.51. The molecule has 0 unspecified atom stereocenters. The number of halogens is 1. The molecule has 3 heteroatoms. The maximum absolute atomic E-state index is 4.09. The number of imidazole rings is 1. The van der Waals surface area contributed by atoms with Crippen molar-refractivity contribution in [1.82, 2.24) is 9.55 Å². The molecular formula is C10H9BrN2. The van der Waals surface area contributed by atoms with Crippen LogP contribution < -0.4 is 0 Å². The lowest BCUT2D eigenvalue weighted by atomic mass is 10.2. The molecule has 0 aliphatic heterocycles. The van der Waals surface area contributed by atoms with Crippen LogP contribution in [0.2, 0.25) is 0 Å². The summed E-state index contributed by atoms with van der Waals surface area (Å²) in [4.78, 5) is 4.09. The van der Waals surface area contributed by atoms with Crippen molar-refractivity contribution in [2.24, 2.45) is 0 Å². The van der Waals surface area contributed by atoms with Crippen molar-refractivity contribution in [2.75, 3.05) is 0 Å². The van der Waals surface area contributed by atoms with Crippen LogP contribution in [-0.4, -0.2) is 9.55 Å². The van der Waals surface area contributed by atoms with E-state index in [9.17, 15) is 0 Å². The van der Waals surface area contributed by atoms with Gasteiger partial charge in [-0.3, -0.25) is 0 Å². The molecule has 13 heavy (non-hydrogen) atoms. The summed E-state index contributed by atoms with van der Waals surface area (Å²) >= 11 is 3.38. The quantitative estimate of drug-likeness (QED) is 0.785. The highest BCUT2D eigenvalue weighted by Crippen LogP contribution is 2.09. The van der Waals surface area contributed by atoms with Crippen LogP contribution in [0, 0.1) is 0 Å². The van der Waals surface area contributed by atoms with Crippen molar-refractivity contribution < 1.29 is 0 Å². The lowest BCUT2D eigenvalue weighted by Gasteiger charge is -2.02. The summed E-state index contributed by atoms with van der Waals surface area (Å²) in [6, 6.07) is 10.3. The van der Waals surface area contributed by atoms with Gasteiger partial charge in [-0.2, -0.15) is 0 Å². The molecule has 0 atom stereocenters. The standard InChI is InChI=1S/C10H9BrN2/c11-10-12-6-7-13(10)8-9-4-2-1-3-5-9/h1-7H,8H2. The van der Waals surface area contributed by atoms with Crippen molar-refractivity contribution in [3.8, 4) is 0 Å². The molecule has 0 amide bonds. The van der Waals surface area contributed by atoms with Crippen LogP contribution in [0.15, 0.2) is 47.5 Å². The van der Waals surface area contributed by atoms with Gasteiger partial charge in [-0.15, -0.1) is 0 Å². The van der Waals surface area contributed by atoms with Gasteiger partial charge in [0.05, 0.1) is 0 Å². The minimum absolute atomic E-state index is 0.863. The van der Waals surface area contributed by atoms with E-state index in [2.05, 4.69) is 37.6 Å². The molecule has 0 aliphatic rings. The van der Waals surface area contributed by atoms with Gasteiger partial charge in [-0.05, 0) is 21.5 Å². The first-order valence-corrected chi connectivity index (χ1v) is 4.86. The van der Waals surface area contributed by atoms with E-state index in [0.717, 1.165) is 11.3 Å². The highest BCUT2D eigenvalue weighted by atomic mass is 79.9. The van der Waals surface area contributed by atoms with Crippen molar-refractivity contribution in [3.63, 3.8) is 0 Å². The van der Waals surface area contributed by atoms with E-state index in [1.807, 2.05) is 24.4 Å². The number of benzene rings is 1. The molecule has 1 aromatic carbocycles. The molecule has 0 aliphatic carbocycles. The van der Waals surface area contributed by atoms with Gasteiger partial charge in [0.2, 0.25) is 0 Å². The van der Waals surface area contributed by atoms with Gasteiger partial charge in [0, 0.05) is 18.9 Å². The maximum atomic E-state index is 4.09. The van der Waals surface area contributed by atoms with E-state index in [0.29, 0.717) is 0 Å². The van der Waals surface area contributed by atoms with Gasteiger partial charge in [0.25, 0.3) is 0 Å². The van der Waals surface area contributed by atoms with E-state index in [1.165, 1.54) is 5.56 Å². The van der Waals surface area contributed by atoms with E-state index in [1.54, 1.807) is 6.20 Å². The van der Waals surface area contributed by atoms with Crippen molar-refractivity contribution in [3.05, 3.63) is 53.0 Å². The van der Waals surface area contributed by atoms with E-state index >= 15 is 0 Å². The highest BCUT2D eigenvalue weighted by molar-refractivity contribution is 9.10. The molecule has 1 heterocycles. The average molecular weight is 237 g/mol. The minimum Gasteiger partial charge on any atom is -0.321 e. The van der Waals surface area contributed by atoms with Gasteiger partial charge in [-0.1, -0.05) is 30.3 Å². The first-order valence-electron chi connectivity index (χ1n) is 4.07. The number of nitrogens with zero attached hydrogens (tertiary/aromatic N) is 2. The molecule has 2 nitrogen and oxygen atoms in total. The maximum Gasteiger partial charge on any atom is 0.177 e. The van der Waals surface area contributed by atoms with Crippen LogP contribution in [0.25, 0.3) is 0 Å². The topological polar surface area (TPSA) is 17.8 Å². The lowest BCUT2D eigenvalue weighted by molar-refractivity contribution is 0.775. The monoisotopic (exact) mass is 236 g/mol. The average Bonchev–Trinajstić information content (AvgIpc) is 2.54. The van der Waals surface area contributed by atoms with E-state index in [4.69, 9.17) is 0 Å². The third-order valence-corrected chi connectivity index (χ3v) is 2.52. The molecule has 0 fully saturated rings. The molecule has 0 spiro atoms. The Morgan fingerprint density at radius 2 is 2.00 bits per heavy atom. The summed E-state index contributed by atoms with van der Waals surface area (Å²) in [5.41, 5.74) is 1.28. The lowest BCUT2D eigenvalue weighted by Crippen LogP contribution is -1.97. The molecule has 0 bridgehead atoms. The van der Waals surface area contributed by atoms with E-state index in [-0.39, 0.29) is 0 Å². The van der Waals surface area contributed by atoms with Crippen molar-refractivity contribution >= 4 is 15.9 Å². The first-order chi connectivity index (χ1) is 6.36. The Morgan fingerprint density at radius 1 is 1.23 bits per heavy atom. The van der Waals surface area contributed by atoms with Crippen LogP contribution >= 0.6 is 15.9 Å². The fraction of sp³-hybridized carbons (Fsp3) is 0.100. The number of hydrogen-bond donors (Lipinski definition) is 0. The number of rotatable bonds is 2. The second kappa shape index (κ2) is 3.75. The summed E-state index contributed by atoms with van der Waals surface area (Å²) in [5.74, 6) is 0. The Bertz CT molecular complexity index is 381. The van der Waals surface area contributed by atoms with Crippen LogP contribution in [0.3, 0.4) is 0 Å². The van der Waals surface area contributed by atoms with Gasteiger partial charge in [0.15, 0.2) is 4.73 Å². The molecule has 2 aromatic rings. The zero-order valence-electron chi connectivity index (χ0n) is 7.02. The second-order valence-electron chi connectivity index (χ2n) is 2.81. The Morgan fingerprint density at radius 3 is 2.62 bits per heavy atom. The molecule has 66 valence electrons. The van der Waals surface area contributed by atoms with Crippen LogP contribution in [0.1, 0.15) is 5.56 Å². The Hall–Kier alpha value is -1.09. The molecule has 0 radical (unpaired) electrons. The van der Waals surface area contributed by atoms with Gasteiger partial charge >= 0.3 is 0 Å². The van der Waals surface area contributed by atoms with Crippen molar-refractivity contribution in [1.29, 1.82) is 0 Å². The molecule has 2 rings (SSSR count). The fourth-order valence-electron chi connectivity index (χ4n) is 1.21. The number of hydrogen-bond acceptors (Lipinski definition) is 1. The SMILES string of the molecule is Brc1nccn1Cc1ccccc1. The highest BCUT2D eigenvalue weighted by Gasteiger charge is 1.98. The van der Waals surface area contributed by atoms with Crippen LogP contribution in [-0.2, 0) is 6.54 Å². The Labute approximate surface area is 85.4 Å². The van der Waals surface area contributed by atoms with Crippen LogP contribution in [0.4, 0.5) is 0 Å². The summed E-state index contributed by atoms with van der Waals surface area (Å²) < 4.78 is 2.92. The second-order valence-corrected chi connectivity index (χ2v) is 3.52. The minimum atomic E-state index is 0.863. The summed E-state index contributed by atoms with van der Waals surface area (Å²) in [7, 11) is 0. The zero-order chi connectivity index (χ0) is 9.10. The van der Waals surface area contributed by atoms with Crippen LogP contribution in [0.5, 0.6) is 0 Å². The molecule has 1 aromatic heterocycles. The molecule has 0 saturated heterocycles. The molecule has 0 N–H and O–H groups in total. The Kier molecular flexibility index (Phi) is 2.45. The Balaban J connectivity index is 2.20. The van der Waals surface area contributed by atoms with Gasteiger partial charge in [-0.25, -0.2) is 4.98 Å². The van der Waals surface area contributed by atoms with Gasteiger partial charge in [0.1, 0.15) is 0 Å². The number of aromatic nitrogens is 2. The predicted molar refractivity (Wildman–Crippen MR) is 55.5 cm³/mol. The third kappa shape index (κ3) is 1.98. The van der Waals surface area contributed by atoms with Gasteiger partial charge < -0.3 is 4.57 Å². The smallest absolute Gasteiger partial charge is 0.177 e. The molecule has 0 saturated carbocycles. The summed E-state index contributed by atoms with van der Waals surface area (Å²) in [6.45, 7) is 0.863. The summed E-state index contributed by atoms with van der Waals surface area (Å²) in [5, 5.41) is 0. The summed E-state index contributed by atoms with van der Waals surface area (Å²) in [6.07, 6.45) is 3.74. The zero-order valence-corrected chi connectivity index (χ0v) is 8.61. The third-order valence-electron chi connectivity index (χ3n) is 1.86. The van der Waals surface area contributed by atoms with E-state index < -0.39 is 0 Å². The largest absolute Gasteiger partial charge is 0.321 e. The normalized spacial score (nSPS) is 10.2. The fourth-order valence-corrected chi connectivity index (χ4v) is 1.57.